The molecule has 0 bridgehead atoms. The molecule has 2 rings (SSSR count). The Balaban J connectivity index is 2.20. The van der Waals surface area contributed by atoms with E-state index in [9.17, 15) is 18.1 Å². The fourth-order valence-corrected chi connectivity index (χ4v) is 3.69. The number of hydrogen-bond donors (Lipinski definition) is 4. The molecule has 0 spiro atoms. The van der Waals surface area contributed by atoms with Crippen molar-refractivity contribution in [1.82, 2.24) is 9.97 Å². The number of nitrogens with one attached hydrogen (secondary N) is 1. The van der Waals surface area contributed by atoms with Crippen molar-refractivity contribution in [2.45, 2.75) is 45.2 Å². The Kier molecular flexibility index (Phi) is 9.31. The van der Waals surface area contributed by atoms with Crippen molar-refractivity contribution in [3.05, 3.63) is 40.6 Å². The van der Waals surface area contributed by atoms with Crippen LogP contribution < -0.4 is 15.8 Å². The number of nitrogens with zero attached hydrogens (tertiary/aromatic N) is 2. The average molecular weight is 502 g/mol. The number of aromatic nitrogens is 2. The van der Waals surface area contributed by atoms with Gasteiger partial charge in [-0.2, -0.15) is 13.8 Å². The van der Waals surface area contributed by atoms with E-state index in [1.165, 1.54) is 7.11 Å². The second-order valence-electron chi connectivity index (χ2n) is 7.54. The number of rotatable bonds is 12. The van der Waals surface area contributed by atoms with Crippen LogP contribution in [0.2, 0.25) is 0 Å². The number of nitrogens with two attached hydrogens (primary N) is 1. The monoisotopic (exact) mass is 502 g/mol. The number of anilines is 2. The molecule has 0 saturated carbocycles. The van der Waals surface area contributed by atoms with E-state index in [-0.39, 0.29) is 37.9 Å². The molecule has 1 aromatic carbocycles. The summed E-state index contributed by atoms with van der Waals surface area (Å²) in [4.78, 5) is 37.6. The molecule has 0 radical (unpaired) electrons. The van der Waals surface area contributed by atoms with Crippen LogP contribution in [0.3, 0.4) is 0 Å². The molecule has 1 aromatic heterocycles. The zero-order valence-electron chi connectivity index (χ0n) is 19.2. The summed E-state index contributed by atoms with van der Waals surface area (Å²) in [5, 5.41) is 2.91. The molecule has 2 aromatic rings. The summed E-state index contributed by atoms with van der Waals surface area (Å²) in [6.07, 6.45) is -0.794. The Morgan fingerprint density at radius 2 is 2.00 bits per heavy atom. The fraction of sp³-hybridized carbons (Fsp3) is 0.476. The second kappa shape index (κ2) is 11.5. The van der Waals surface area contributed by atoms with Crippen molar-refractivity contribution < 1.29 is 37.4 Å². The predicted octanol–water partition coefficient (Wildman–Crippen LogP) is 3.03. The van der Waals surface area contributed by atoms with Crippen molar-refractivity contribution >= 4 is 25.3 Å². The minimum Gasteiger partial charge on any atom is -0.496 e. The van der Waals surface area contributed by atoms with Crippen molar-refractivity contribution in [2.75, 3.05) is 31.3 Å². The zero-order valence-corrected chi connectivity index (χ0v) is 20.1. The summed E-state index contributed by atoms with van der Waals surface area (Å²) in [5.74, 6) is 0.490. The number of benzene rings is 1. The zero-order chi connectivity index (χ0) is 25.5. The van der Waals surface area contributed by atoms with E-state index >= 15 is 0 Å². The maximum absolute atomic E-state index is 13.5. The lowest BCUT2D eigenvalue weighted by Crippen LogP contribution is -2.18. The number of carbonyl (C=O) groups is 1. The van der Waals surface area contributed by atoms with Gasteiger partial charge in [0, 0.05) is 30.6 Å². The third-order valence-corrected chi connectivity index (χ3v) is 6.05. The third kappa shape index (κ3) is 7.34. The molecule has 13 heteroatoms. The highest BCUT2D eigenvalue weighted by Gasteiger charge is 2.47. The number of ether oxygens (including phenoxy) is 2. The predicted molar refractivity (Wildman–Crippen MR) is 122 cm³/mol. The van der Waals surface area contributed by atoms with Gasteiger partial charge in [-0.1, -0.05) is 12.1 Å². The number of carbonyl (C=O) groups excluding carboxylic acids is 1. The van der Waals surface area contributed by atoms with Gasteiger partial charge < -0.3 is 30.3 Å². The largest absolute Gasteiger partial charge is 0.496 e. The highest BCUT2D eigenvalue weighted by molar-refractivity contribution is 7.53. The molecular formula is C21H29F2N4O6P. The van der Waals surface area contributed by atoms with Crippen LogP contribution in [0.4, 0.5) is 20.5 Å². The van der Waals surface area contributed by atoms with Crippen LogP contribution in [0.15, 0.2) is 18.2 Å². The van der Waals surface area contributed by atoms with Gasteiger partial charge in [0.15, 0.2) is 0 Å². The van der Waals surface area contributed by atoms with Crippen molar-refractivity contribution in [3.63, 3.8) is 0 Å². The molecular weight excluding hydrogens is 473 g/mol. The van der Waals surface area contributed by atoms with E-state index in [4.69, 9.17) is 25.0 Å². The lowest BCUT2D eigenvalue weighted by atomic mass is 10.0. The summed E-state index contributed by atoms with van der Waals surface area (Å²) in [5.41, 5.74) is 4.34. The van der Waals surface area contributed by atoms with Gasteiger partial charge in [0.1, 0.15) is 11.6 Å². The van der Waals surface area contributed by atoms with E-state index in [0.29, 0.717) is 34.8 Å². The number of aryl methyl sites for hydroxylation is 1. The number of nitrogen functional groups attached to an aromatic ring is 1. The standard InChI is InChI=1S/C21H29F2N4O6P/c1-4-33-18(28)11-14-6-7-15(17(10-14)32-3)12-16-13(2)26-20(24)27-19(16)25-9-5-8-21(22,23)34(29,30)31/h6-7,10H,4-5,8-9,11-12H2,1-3H3,(H2,29,30,31)(H3,24,25,26,27). The smallest absolute Gasteiger partial charge is 0.394 e. The molecule has 0 unspecified atom stereocenters. The molecule has 1 heterocycles. The number of alkyl halides is 2. The number of halogens is 2. The van der Waals surface area contributed by atoms with Gasteiger partial charge in [-0.15, -0.1) is 0 Å². The highest BCUT2D eigenvalue weighted by atomic mass is 31.2. The lowest BCUT2D eigenvalue weighted by molar-refractivity contribution is -0.142. The molecule has 0 aliphatic carbocycles. The minimum absolute atomic E-state index is 0.0129. The minimum atomic E-state index is -5.53. The van der Waals surface area contributed by atoms with Gasteiger partial charge in [-0.05, 0) is 37.5 Å². The maximum Gasteiger partial charge on any atom is 0.394 e. The van der Waals surface area contributed by atoms with Gasteiger partial charge in [0.2, 0.25) is 5.95 Å². The molecule has 0 atom stereocenters. The Labute approximate surface area is 196 Å². The Morgan fingerprint density at radius 3 is 2.62 bits per heavy atom. The van der Waals surface area contributed by atoms with E-state index in [1.807, 2.05) is 0 Å². The van der Waals surface area contributed by atoms with Crippen LogP contribution in [-0.2, 0) is 26.9 Å². The topological polar surface area (TPSA) is 157 Å². The van der Waals surface area contributed by atoms with Gasteiger partial charge in [0.25, 0.3) is 0 Å². The van der Waals surface area contributed by atoms with Crippen LogP contribution in [0.5, 0.6) is 5.75 Å². The quantitative estimate of drug-likeness (QED) is 0.193. The molecule has 34 heavy (non-hydrogen) atoms. The first-order chi connectivity index (χ1) is 15.9. The summed E-state index contributed by atoms with van der Waals surface area (Å²) in [6.45, 7) is 3.72. The first-order valence-electron chi connectivity index (χ1n) is 10.5. The van der Waals surface area contributed by atoms with Crippen LogP contribution in [0.1, 0.15) is 42.1 Å². The van der Waals surface area contributed by atoms with E-state index < -0.39 is 19.7 Å². The lowest BCUT2D eigenvalue weighted by Gasteiger charge is -2.18. The molecule has 10 nitrogen and oxygen atoms in total. The van der Waals surface area contributed by atoms with Gasteiger partial charge in [-0.3, -0.25) is 9.36 Å². The Morgan fingerprint density at radius 1 is 1.29 bits per heavy atom. The summed E-state index contributed by atoms with van der Waals surface area (Å²) >= 11 is 0. The Hall–Kier alpha value is -2.82. The van der Waals surface area contributed by atoms with Crippen LogP contribution in [-0.4, -0.2) is 51.6 Å². The number of hydrogen-bond acceptors (Lipinski definition) is 8. The summed E-state index contributed by atoms with van der Waals surface area (Å²) in [7, 11) is -4.03. The number of esters is 1. The molecule has 188 valence electrons. The first-order valence-corrected chi connectivity index (χ1v) is 12.1. The van der Waals surface area contributed by atoms with Crippen LogP contribution >= 0.6 is 7.60 Å². The van der Waals surface area contributed by atoms with Crippen molar-refractivity contribution in [2.24, 2.45) is 0 Å². The fourth-order valence-electron chi connectivity index (χ4n) is 3.24. The highest BCUT2D eigenvalue weighted by Crippen LogP contribution is 2.55. The molecule has 5 N–H and O–H groups in total. The second-order valence-corrected chi connectivity index (χ2v) is 9.28. The SMILES string of the molecule is CCOC(=O)Cc1ccc(Cc2c(C)nc(N)nc2NCCCC(F)(F)P(=O)(O)O)c(OC)c1. The number of methoxy groups -OCH3 is 1. The van der Waals surface area contributed by atoms with Crippen molar-refractivity contribution in [3.8, 4) is 5.75 Å². The molecule has 0 aliphatic heterocycles. The molecule has 0 amide bonds. The van der Waals surface area contributed by atoms with Gasteiger partial charge in [0.05, 0.1) is 20.1 Å². The Bertz CT molecular complexity index is 1060. The molecule has 0 aliphatic rings. The van der Waals surface area contributed by atoms with E-state index in [2.05, 4.69) is 15.3 Å². The van der Waals surface area contributed by atoms with E-state index in [0.717, 1.165) is 5.56 Å². The van der Waals surface area contributed by atoms with Crippen LogP contribution in [0.25, 0.3) is 0 Å². The molecule has 0 fully saturated rings. The van der Waals surface area contributed by atoms with Crippen LogP contribution in [0, 0.1) is 6.92 Å². The molecule has 0 saturated heterocycles. The van der Waals surface area contributed by atoms with Crippen molar-refractivity contribution in [1.29, 1.82) is 0 Å². The normalized spacial score (nSPS) is 11.9. The average Bonchev–Trinajstić information content (AvgIpc) is 2.73. The van der Waals surface area contributed by atoms with E-state index in [1.54, 1.807) is 32.0 Å². The summed E-state index contributed by atoms with van der Waals surface area (Å²) in [6, 6.07) is 5.31. The summed E-state index contributed by atoms with van der Waals surface area (Å²) < 4.78 is 48.4. The van der Waals surface area contributed by atoms with Gasteiger partial charge in [-0.25, -0.2) is 4.98 Å². The first kappa shape index (κ1) is 27.4. The van der Waals surface area contributed by atoms with Gasteiger partial charge >= 0.3 is 19.2 Å². The maximum atomic E-state index is 13.5. The third-order valence-electron chi connectivity index (χ3n) is 4.98.